The summed E-state index contributed by atoms with van der Waals surface area (Å²) < 4.78 is 10.9. The summed E-state index contributed by atoms with van der Waals surface area (Å²) in [5.74, 6) is -1.65. The van der Waals surface area contributed by atoms with E-state index in [9.17, 15) is 14.4 Å². The van der Waals surface area contributed by atoms with Crippen molar-refractivity contribution in [3.05, 3.63) is 84.1 Å². The smallest absolute Gasteiger partial charge is 0.250 e. The predicted molar refractivity (Wildman–Crippen MR) is 138 cm³/mol. The van der Waals surface area contributed by atoms with Crippen molar-refractivity contribution in [1.82, 2.24) is 10.3 Å². The Morgan fingerprint density at radius 2 is 1.74 bits per heavy atom. The average Bonchev–Trinajstić information content (AvgIpc) is 3.72. The van der Waals surface area contributed by atoms with Crippen molar-refractivity contribution in [3.8, 4) is 11.5 Å². The fraction of sp³-hybridized carbons (Fsp3) is 0.207. The van der Waals surface area contributed by atoms with Crippen LogP contribution in [0.2, 0.25) is 0 Å². The van der Waals surface area contributed by atoms with Gasteiger partial charge in [0.2, 0.25) is 24.5 Å². The molecule has 1 spiro atoms. The molecule has 9 nitrogen and oxygen atoms in total. The van der Waals surface area contributed by atoms with Crippen LogP contribution in [-0.4, -0.2) is 35.5 Å². The molecule has 2 saturated heterocycles. The summed E-state index contributed by atoms with van der Waals surface area (Å²) in [6, 6.07) is 19.9. The number of hydrogen-bond donors (Lipinski definition) is 3. The average molecular weight is 507 g/mol. The van der Waals surface area contributed by atoms with E-state index in [-0.39, 0.29) is 18.6 Å². The number of nitrogens with one attached hydrogen (secondary N) is 3. The number of carbonyl (C=O) groups is 3. The number of amides is 3. The van der Waals surface area contributed by atoms with Crippen LogP contribution in [0.5, 0.6) is 11.5 Å². The topological polar surface area (TPSA) is 113 Å². The van der Waals surface area contributed by atoms with Gasteiger partial charge < -0.3 is 19.8 Å². The van der Waals surface area contributed by atoms with Crippen LogP contribution in [0.25, 0.3) is 10.9 Å². The van der Waals surface area contributed by atoms with Crippen molar-refractivity contribution in [1.29, 1.82) is 0 Å². The number of benzene rings is 3. The summed E-state index contributed by atoms with van der Waals surface area (Å²) in [6.45, 7) is 0.0859. The van der Waals surface area contributed by atoms with Crippen LogP contribution in [0.15, 0.2) is 72.9 Å². The number of carbonyl (C=O) groups excluding carboxylic acids is 3. The number of ether oxygens (including phenoxy) is 2. The number of aromatic amines is 1. The highest BCUT2D eigenvalue weighted by molar-refractivity contribution is 6.26. The van der Waals surface area contributed by atoms with Gasteiger partial charge in [0.05, 0.1) is 17.5 Å². The maximum absolute atomic E-state index is 14.2. The molecule has 188 valence electrons. The van der Waals surface area contributed by atoms with E-state index in [1.807, 2.05) is 54.7 Å². The lowest BCUT2D eigenvalue weighted by Crippen LogP contribution is -2.53. The van der Waals surface area contributed by atoms with Gasteiger partial charge in [0.15, 0.2) is 11.5 Å². The van der Waals surface area contributed by atoms with E-state index < -0.39 is 29.3 Å². The van der Waals surface area contributed by atoms with Crippen LogP contribution in [0.1, 0.15) is 11.1 Å². The molecule has 3 amide bonds. The summed E-state index contributed by atoms with van der Waals surface area (Å²) in [6.07, 6.45) is 2.41. The first-order valence-corrected chi connectivity index (χ1v) is 12.6. The molecule has 3 N–H and O–H groups in total. The van der Waals surface area contributed by atoms with E-state index in [2.05, 4.69) is 15.6 Å². The normalized spacial score (nSPS) is 26.9. The third-order valence-electron chi connectivity index (χ3n) is 8.35. The SMILES string of the molecule is O=C1C2C(Cc3c[nH]c4ccccc34)NC3(C(=O)Nc4ccccc43)C2C(=O)N1c1ccc2c(c1)OCO2. The first kappa shape index (κ1) is 21.5. The molecule has 38 heavy (non-hydrogen) atoms. The zero-order chi connectivity index (χ0) is 25.6. The van der Waals surface area contributed by atoms with Gasteiger partial charge in [-0.25, -0.2) is 4.90 Å². The third-order valence-corrected chi connectivity index (χ3v) is 8.35. The van der Waals surface area contributed by atoms with Crippen molar-refractivity contribution in [2.24, 2.45) is 11.8 Å². The van der Waals surface area contributed by atoms with Gasteiger partial charge >= 0.3 is 0 Å². The second-order valence-electron chi connectivity index (χ2n) is 10.2. The fourth-order valence-electron chi connectivity index (χ4n) is 6.75. The number of imide groups is 1. The Labute approximate surface area is 216 Å². The molecule has 9 heteroatoms. The zero-order valence-corrected chi connectivity index (χ0v) is 20.1. The van der Waals surface area contributed by atoms with Gasteiger partial charge in [-0.3, -0.25) is 19.7 Å². The quantitative estimate of drug-likeness (QED) is 0.368. The summed E-state index contributed by atoms with van der Waals surface area (Å²) in [5.41, 5.74) is 2.41. The van der Waals surface area contributed by atoms with Crippen LogP contribution >= 0.6 is 0 Å². The Balaban J connectivity index is 1.27. The van der Waals surface area contributed by atoms with E-state index in [4.69, 9.17) is 9.47 Å². The lowest BCUT2D eigenvalue weighted by molar-refractivity contribution is -0.130. The molecule has 0 saturated carbocycles. The lowest BCUT2D eigenvalue weighted by Gasteiger charge is -2.29. The molecule has 5 heterocycles. The number of H-pyrrole nitrogens is 1. The first-order valence-electron chi connectivity index (χ1n) is 12.6. The zero-order valence-electron chi connectivity index (χ0n) is 20.1. The fourth-order valence-corrected chi connectivity index (χ4v) is 6.75. The maximum atomic E-state index is 14.2. The summed E-state index contributed by atoms with van der Waals surface area (Å²) >= 11 is 0. The molecule has 3 aromatic carbocycles. The van der Waals surface area contributed by atoms with Crippen molar-refractivity contribution < 1.29 is 23.9 Å². The van der Waals surface area contributed by atoms with Gasteiger partial charge in [0.1, 0.15) is 5.54 Å². The number of aromatic nitrogens is 1. The van der Waals surface area contributed by atoms with Gasteiger partial charge in [-0.05, 0) is 36.2 Å². The molecule has 0 radical (unpaired) electrons. The minimum Gasteiger partial charge on any atom is -0.454 e. The van der Waals surface area contributed by atoms with Gasteiger partial charge in [0, 0.05) is 40.5 Å². The van der Waals surface area contributed by atoms with Gasteiger partial charge in [-0.15, -0.1) is 0 Å². The minimum absolute atomic E-state index is 0.0859. The molecule has 2 fully saturated rings. The number of hydrogen-bond acceptors (Lipinski definition) is 6. The molecule has 0 bridgehead atoms. The summed E-state index contributed by atoms with van der Waals surface area (Å²) in [4.78, 5) is 46.5. The van der Waals surface area contributed by atoms with Gasteiger partial charge in [-0.2, -0.15) is 0 Å². The van der Waals surface area contributed by atoms with Crippen molar-refractivity contribution >= 4 is 40.0 Å². The van der Waals surface area contributed by atoms with E-state index in [0.29, 0.717) is 34.9 Å². The Hall–Kier alpha value is -4.63. The summed E-state index contributed by atoms with van der Waals surface area (Å²) in [5, 5.41) is 7.51. The Bertz CT molecular complexity index is 1700. The predicted octanol–water partition coefficient (Wildman–Crippen LogP) is 3.06. The molecular formula is C29H22N4O5. The standard InChI is InChI=1S/C29H22N4O5/c34-26-24-21(11-15-13-30-19-7-3-1-5-17(15)19)32-29(18-6-2-4-8-20(18)31-28(29)36)25(24)27(35)33(26)16-9-10-22-23(12-16)38-14-37-22/h1-10,12-13,21,24-25,30,32H,11,14H2,(H,31,36). The molecule has 4 aliphatic heterocycles. The van der Waals surface area contributed by atoms with Crippen LogP contribution in [0.3, 0.4) is 0 Å². The van der Waals surface area contributed by atoms with Crippen LogP contribution in [-0.2, 0) is 26.3 Å². The van der Waals surface area contributed by atoms with Crippen molar-refractivity contribution in [3.63, 3.8) is 0 Å². The number of fused-ring (bicyclic) bond motifs is 6. The maximum Gasteiger partial charge on any atom is 0.250 e. The largest absolute Gasteiger partial charge is 0.454 e. The second kappa shape index (κ2) is 7.45. The van der Waals surface area contributed by atoms with Crippen LogP contribution < -0.4 is 25.0 Å². The van der Waals surface area contributed by atoms with E-state index in [1.165, 1.54) is 4.90 Å². The lowest BCUT2D eigenvalue weighted by atomic mass is 9.76. The molecule has 4 unspecified atom stereocenters. The van der Waals surface area contributed by atoms with Crippen molar-refractivity contribution in [2.45, 2.75) is 18.0 Å². The van der Waals surface area contributed by atoms with E-state index in [1.54, 1.807) is 18.2 Å². The molecule has 4 aromatic rings. The van der Waals surface area contributed by atoms with Crippen LogP contribution in [0.4, 0.5) is 11.4 Å². The number of rotatable bonds is 3. The van der Waals surface area contributed by atoms with Gasteiger partial charge in [0.25, 0.3) is 0 Å². The second-order valence-corrected chi connectivity index (χ2v) is 10.2. The molecule has 4 atom stereocenters. The Morgan fingerprint density at radius 1 is 0.921 bits per heavy atom. The molecule has 1 aromatic heterocycles. The molecule has 4 aliphatic rings. The monoisotopic (exact) mass is 506 g/mol. The minimum atomic E-state index is -1.35. The van der Waals surface area contributed by atoms with Crippen molar-refractivity contribution in [2.75, 3.05) is 17.0 Å². The highest BCUT2D eigenvalue weighted by atomic mass is 16.7. The number of para-hydroxylation sites is 2. The molecule has 8 rings (SSSR count). The van der Waals surface area contributed by atoms with Crippen LogP contribution in [0, 0.1) is 11.8 Å². The highest BCUT2D eigenvalue weighted by Crippen LogP contribution is 2.54. The summed E-state index contributed by atoms with van der Waals surface area (Å²) in [7, 11) is 0. The number of nitrogens with zero attached hydrogens (tertiary/aromatic N) is 1. The van der Waals surface area contributed by atoms with E-state index in [0.717, 1.165) is 16.5 Å². The molecular weight excluding hydrogens is 484 g/mol. The Kier molecular flexibility index (Phi) is 4.21. The first-order chi connectivity index (χ1) is 18.6. The highest BCUT2D eigenvalue weighted by Gasteiger charge is 2.70. The Morgan fingerprint density at radius 3 is 2.66 bits per heavy atom. The van der Waals surface area contributed by atoms with Gasteiger partial charge in [-0.1, -0.05) is 36.4 Å². The van der Waals surface area contributed by atoms with E-state index >= 15 is 0 Å². The number of anilines is 2. The third kappa shape index (κ3) is 2.66. The molecule has 0 aliphatic carbocycles.